The molecule has 0 aliphatic heterocycles. The summed E-state index contributed by atoms with van der Waals surface area (Å²) in [7, 11) is 3.53. The molecule has 2 aromatic rings. The number of benzene rings is 1. The van der Waals surface area contributed by atoms with Gasteiger partial charge in [-0.2, -0.15) is 0 Å². The Balaban J connectivity index is 2.20. The fraction of sp³-hybridized carbons (Fsp3) is 0.231. The Morgan fingerprint density at radius 3 is 2.68 bits per heavy atom. The van der Waals surface area contributed by atoms with E-state index in [-0.39, 0.29) is 11.7 Å². The molecule has 0 atom stereocenters. The lowest BCUT2D eigenvalue weighted by atomic mass is 10.3. The molecular formula is C13H13ClN2O2S. The number of alkyl halides is 1. The summed E-state index contributed by atoms with van der Waals surface area (Å²) < 4.78 is 5.11. The number of hydrogen-bond donors (Lipinski definition) is 0. The van der Waals surface area contributed by atoms with E-state index in [0.717, 1.165) is 16.6 Å². The molecule has 19 heavy (non-hydrogen) atoms. The number of rotatable bonds is 5. The van der Waals surface area contributed by atoms with E-state index in [0.29, 0.717) is 5.69 Å². The number of aromatic nitrogens is 1. The van der Waals surface area contributed by atoms with E-state index in [1.165, 1.54) is 11.3 Å². The van der Waals surface area contributed by atoms with Gasteiger partial charge in [-0.1, -0.05) is 0 Å². The third kappa shape index (κ3) is 3.05. The van der Waals surface area contributed by atoms with Crippen molar-refractivity contribution in [3.05, 3.63) is 35.3 Å². The number of Topliss-reactive ketones (excluding diaryl/α,β-unsaturated/α-hetero) is 1. The second-order valence-electron chi connectivity index (χ2n) is 3.83. The number of anilines is 2. The summed E-state index contributed by atoms with van der Waals surface area (Å²) in [6.45, 7) is 0. The van der Waals surface area contributed by atoms with Crippen LogP contribution in [0.3, 0.4) is 0 Å². The first-order valence-electron chi connectivity index (χ1n) is 5.58. The number of ketones is 1. The predicted octanol–water partition coefficient (Wildman–Crippen LogP) is 3.34. The highest BCUT2D eigenvalue weighted by atomic mass is 35.5. The third-order valence-corrected chi connectivity index (χ3v) is 3.81. The first-order chi connectivity index (χ1) is 9.15. The van der Waals surface area contributed by atoms with E-state index in [4.69, 9.17) is 16.3 Å². The van der Waals surface area contributed by atoms with E-state index < -0.39 is 0 Å². The maximum absolute atomic E-state index is 11.4. The molecule has 100 valence electrons. The van der Waals surface area contributed by atoms with Crippen molar-refractivity contribution in [1.82, 2.24) is 4.98 Å². The lowest BCUT2D eigenvalue weighted by Crippen LogP contribution is -2.10. The summed E-state index contributed by atoms with van der Waals surface area (Å²) in [5.41, 5.74) is 1.38. The molecular weight excluding hydrogens is 284 g/mol. The molecule has 0 N–H and O–H groups in total. The molecule has 4 nitrogen and oxygen atoms in total. The minimum absolute atomic E-state index is 0.0462. The minimum atomic E-state index is -0.160. The Morgan fingerprint density at radius 1 is 1.42 bits per heavy atom. The van der Waals surface area contributed by atoms with Crippen molar-refractivity contribution in [2.75, 3.05) is 24.9 Å². The van der Waals surface area contributed by atoms with Crippen LogP contribution in [0.4, 0.5) is 10.8 Å². The average Bonchev–Trinajstić information content (AvgIpc) is 2.95. The van der Waals surface area contributed by atoms with Gasteiger partial charge in [-0.25, -0.2) is 4.98 Å². The van der Waals surface area contributed by atoms with Crippen LogP contribution in [0.5, 0.6) is 5.75 Å². The summed E-state index contributed by atoms with van der Waals surface area (Å²) in [6.07, 6.45) is 0. The first kappa shape index (κ1) is 13.8. The number of ether oxygens (including phenoxy) is 1. The van der Waals surface area contributed by atoms with E-state index in [9.17, 15) is 4.79 Å². The maximum Gasteiger partial charge on any atom is 0.196 e. The van der Waals surface area contributed by atoms with Crippen LogP contribution in [0, 0.1) is 0 Å². The van der Waals surface area contributed by atoms with Gasteiger partial charge in [0.1, 0.15) is 11.4 Å². The zero-order valence-electron chi connectivity index (χ0n) is 10.6. The zero-order chi connectivity index (χ0) is 13.8. The van der Waals surface area contributed by atoms with E-state index >= 15 is 0 Å². The van der Waals surface area contributed by atoms with Crippen LogP contribution in [-0.2, 0) is 0 Å². The smallest absolute Gasteiger partial charge is 0.196 e. The Labute approximate surface area is 120 Å². The minimum Gasteiger partial charge on any atom is -0.497 e. The van der Waals surface area contributed by atoms with Gasteiger partial charge in [0.2, 0.25) is 0 Å². The van der Waals surface area contributed by atoms with Crippen LogP contribution < -0.4 is 9.64 Å². The topological polar surface area (TPSA) is 42.4 Å². The van der Waals surface area contributed by atoms with Crippen molar-refractivity contribution in [1.29, 1.82) is 0 Å². The van der Waals surface area contributed by atoms with Crippen molar-refractivity contribution >= 4 is 39.5 Å². The van der Waals surface area contributed by atoms with Crippen LogP contribution >= 0.6 is 22.9 Å². The number of carbonyl (C=O) groups excluding carboxylic acids is 1. The second kappa shape index (κ2) is 6.04. The molecule has 0 radical (unpaired) electrons. The van der Waals surface area contributed by atoms with Crippen molar-refractivity contribution in [3.8, 4) is 5.75 Å². The van der Waals surface area contributed by atoms with Gasteiger partial charge >= 0.3 is 0 Å². The van der Waals surface area contributed by atoms with Gasteiger partial charge in [0.15, 0.2) is 10.9 Å². The lowest BCUT2D eigenvalue weighted by molar-refractivity contribution is 0.101. The molecule has 0 aliphatic carbocycles. The van der Waals surface area contributed by atoms with Crippen LogP contribution in [0.1, 0.15) is 10.5 Å². The van der Waals surface area contributed by atoms with Crippen LogP contribution in [-0.4, -0.2) is 30.8 Å². The van der Waals surface area contributed by atoms with Crippen LogP contribution in [0.15, 0.2) is 29.6 Å². The van der Waals surface area contributed by atoms with Crippen LogP contribution in [0.25, 0.3) is 0 Å². The largest absolute Gasteiger partial charge is 0.497 e. The molecule has 1 aromatic carbocycles. The highest BCUT2D eigenvalue weighted by Gasteiger charge is 2.13. The van der Waals surface area contributed by atoms with Crippen molar-refractivity contribution in [2.24, 2.45) is 0 Å². The number of carbonyl (C=O) groups is 1. The highest BCUT2D eigenvalue weighted by molar-refractivity contribution is 7.14. The molecule has 0 saturated heterocycles. The monoisotopic (exact) mass is 296 g/mol. The molecule has 1 heterocycles. The Kier molecular flexibility index (Phi) is 4.39. The molecule has 6 heteroatoms. The molecule has 2 rings (SSSR count). The molecule has 0 saturated carbocycles. The molecule has 0 unspecified atom stereocenters. The fourth-order valence-electron chi connectivity index (χ4n) is 1.53. The Morgan fingerprint density at radius 2 is 2.11 bits per heavy atom. The second-order valence-corrected chi connectivity index (χ2v) is 4.93. The molecule has 1 aromatic heterocycles. The molecule has 0 amide bonds. The molecule has 0 spiro atoms. The average molecular weight is 297 g/mol. The number of hydrogen-bond acceptors (Lipinski definition) is 5. The normalized spacial score (nSPS) is 10.3. The number of nitrogens with zero attached hydrogens (tertiary/aromatic N) is 2. The maximum atomic E-state index is 11.4. The number of methoxy groups -OCH3 is 1. The molecule has 0 aliphatic rings. The van der Waals surface area contributed by atoms with E-state index in [2.05, 4.69) is 4.98 Å². The fourth-order valence-corrected chi connectivity index (χ4v) is 2.48. The van der Waals surface area contributed by atoms with Gasteiger partial charge in [0.05, 0.1) is 13.0 Å². The third-order valence-electron chi connectivity index (χ3n) is 2.65. The molecule has 0 bridgehead atoms. The summed E-state index contributed by atoms with van der Waals surface area (Å²) in [4.78, 5) is 17.6. The highest BCUT2D eigenvalue weighted by Crippen LogP contribution is 2.28. The van der Waals surface area contributed by atoms with Crippen LogP contribution in [0.2, 0.25) is 0 Å². The molecule has 0 fully saturated rings. The summed E-state index contributed by atoms with van der Waals surface area (Å²) in [5, 5.41) is 2.47. The summed E-state index contributed by atoms with van der Waals surface area (Å²) in [6, 6.07) is 7.63. The summed E-state index contributed by atoms with van der Waals surface area (Å²) in [5.74, 6) is 0.594. The SMILES string of the molecule is COc1ccc(N(C)c2nc(C(=O)CCl)cs2)cc1. The van der Waals surface area contributed by atoms with Gasteiger partial charge in [0.25, 0.3) is 0 Å². The van der Waals surface area contributed by atoms with Gasteiger partial charge in [-0.05, 0) is 24.3 Å². The number of halogens is 1. The quantitative estimate of drug-likeness (QED) is 0.627. The van der Waals surface area contributed by atoms with Gasteiger partial charge in [-0.15, -0.1) is 22.9 Å². The summed E-state index contributed by atoms with van der Waals surface area (Å²) >= 11 is 6.92. The van der Waals surface area contributed by atoms with E-state index in [1.807, 2.05) is 36.2 Å². The Hall–Kier alpha value is -1.59. The lowest BCUT2D eigenvalue weighted by Gasteiger charge is -2.15. The predicted molar refractivity (Wildman–Crippen MR) is 78.2 cm³/mol. The zero-order valence-corrected chi connectivity index (χ0v) is 12.2. The standard InChI is InChI=1S/C13H13ClN2O2S/c1-16(9-3-5-10(18-2)6-4-9)13-15-11(8-19-13)12(17)7-14/h3-6,8H,7H2,1-2H3. The van der Waals surface area contributed by atoms with Crippen molar-refractivity contribution in [3.63, 3.8) is 0 Å². The van der Waals surface area contributed by atoms with Gasteiger partial charge in [-0.3, -0.25) is 4.79 Å². The van der Waals surface area contributed by atoms with Gasteiger partial charge in [0, 0.05) is 18.1 Å². The van der Waals surface area contributed by atoms with Gasteiger partial charge < -0.3 is 9.64 Å². The van der Waals surface area contributed by atoms with Crippen molar-refractivity contribution in [2.45, 2.75) is 0 Å². The first-order valence-corrected chi connectivity index (χ1v) is 6.99. The van der Waals surface area contributed by atoms with E-state index in [1.54, 1.807) is 12.5 Å². The Bertz CT molecular complexity index is 568. The number of thiazole rings is 1. The van der Waals surface area contributed by atoms with Crippen molar-refractivity contribution < 1.29 is 9.53 Å².